The van der Waals surface area contributed by atoms with Gasteiger partial charge in [-0.25, -0.2) is 4.79 Å². The van der Waals surface area contributed by atoms with Crippen molar-refractivity contribution in [3.8, 4) is 0 Å². The van der Waals surface area contributed by atoms with Crippen molar-refractivity contribution >= 4 is 6.03 Å². The minimum atomic E-state index is -0.0274. The molecule has 0 atom stereocenters. The Morgan fingerprint density at radius 1 is 1.14 bits per heavy atom. The van der Waals surface area contributed by atoms with Gasteiger partial charge >= 0.3 is 6.03 Å². The maximum atomic E-state index is 11.5. The Morgan fingerprint density at radius 3 is 2.38 bits per heavy atom. The summed E-state index contributed by atoms with van der Waals surface area (Å²) < 4.78 is 0. The highest BCUT2D eigenvalue weighted by atomic mass is 16.2. The summed E-state index contributed by atoms with van der Waals surface area (Å²) >= 11 is 0. The zero-order valence-corrected chi connectivity index (χ0v) is 13.2. The summed E-state index contributed by atoms with van der Waals surface area (Å²) in [4.78, 5) is 13.9. The maximum absolute atomic E-state index is 11.5. The molecular weight excluding hydrogens is 262 g/mol. The van der Waals surface area contributed by atoms with Crippen molar-refractivity contribution in [3.63, 3.8) is 0 Å². The summed E-state index contributed by atoms with van der Waals surface area (Å²) in [6.07, 6.45) is 4.20. The van der Waals surface area contributed by atoms with Gasteiger partial charge < -0.3 is 10.6 Å². The number of nitrogens with one attached hydrogen (secondary N) is 2. The lowest BCUT2D eigenvalue weighted by Crippen LogP contribution is -2.54. The van der Waals surface area contributed by atoms with E-state index in [0.29, 0.717) is 0 Å². The molecule has 2 N–H and O–H groups in total. The summed E-state index contributed by atoms with van der Waals surface area (Å²) in [5, 5.41) is 6.06. The molecule has 1 saturated carbocycles. The van der Waals surface area contributed by atoms with Gasteiger partial charge in [-0.1, -0.05) is 29.8 Å². The van der Waals surface area contributed by atoms with Crippen LogP contribution in [0.3, 0.4) is 0 Å². The summed E-state index contributed by atoms with van der Waals surface area (Å²) in [6.45, 7) is 2.92. The lowest BCUT2D eigenvalue weighted by atomic mass is 9.68. The third-order valence-corrected chi connectivity index (χ3v) is 5.41. The monoisotopic (exact) mass is 287 g/mol. The molecule has 4 nitrogen and oxygen atoms in total. The molecule has 3 rings (SSSR count). The van der Waals surface area contributed by atoms with E-state index in [-0.39, 0.29) is 17.1 Å². The quantitative estimate of drug-likeness (QED) is 0.877. The zero-order chi connectivity index (χ0) is 15.1. The van der Waals surface area contributed by atoms with Crippen molar-refractivity contribution in [3.05, 3.63) is 35.4 Å². The number of urea groups is 1. The Kier molecular flexibility index (Phi) is 3.44. The van der Waals surface area contributed by atoms with Crippen LogP contribution in [0.4, 0.5) is 4.79 Å². The standard InChI is InChI=1S/C17H25N3O/c1-13-5-4-6-14(11-13)17(20(2)3)9-7-16(8-10-17)12-18-15(21)19-16/h4-6,11H,7-10,12H2,1-3H3,(H2,18,19,21)/t16-,17-. The first kappa shape index (κ1) is 14.4. The van der Waals surface area contributed by atoms with Crippen LogP contribution in [0.5, 0.6) is 0 Å². The topological polar surface area (TPSA) is 44.4 Å². The Balaban J connectivity index is 1.86. The molecule has 0 radical (unpaired) electrons. The third-order valence-electron chi connectivity index (χ3n) is 5.41. The number of rotatable bonds is 2. The van der Waals surface area contributed by atoms with E-state index in [2.05, 4.69) is 60.8 Å². The molecule has 2 fully saturated rings. The van der Waals surface area contributed by atoms with Crippen LogP contribution in [-0.4, -0.2) is 37.1 Å². The lowest BCUT2D eigenvalue weighted by molar-refractivity contribution is 0.0652. The van der Waals surface area contributed by atoms with Crippen molar-refractivity contribution in [2.24, 2.45) is 0 Å². The fourth-order valence-electron chi connectivity index (χ4n) is 3.95. The van der Waals surface area contributed by atoms with Crippen LogP contribution in [0.2, 0.25) is 0 Å². The summed E-state index contributed by atoms with van der Waals surface area (Å²) in [5.41, 5.74) is 2.77. The second-order valence-electron chi connectivity index (χ2n) is 6.88. The van der Waals surface area contributed by atoms with E-state index < -0.39 is 0 Å². The van der Waals surface area contributed by atoms with Crippen LogP contribution < -0.4 is 10.6 Å². The lowest BCUT2D eigenvalue weighted by Gasteiger charge is -2.48. The van der Waals surface area contributed by atoms with Gasteiger partial charge in [-0.15, -0.1) is 0 Å². The number of nitrogens with zero attached hydrogens (tertiary/aromatic N) is 1. The van der Waals surface area contributed by atoms with Crippen LogP contribution in [-0.2, 0) is 5.54 Å². The number of carbonyl (C=O) groups is 1. The molecule has 1 heterocycles. The van der Waals surface area contributed by atoms with Gasteiger partial charge in [-0.2, -0.15) is 0 Å². The van der Waals surface area contributed by atoms with E-state index >= 15 is 0 Å². The molecule has 2 aliphatic rings. The molecule has 1 aliphatic carbocycles. The van der Waals surface area contributed by atoms with Crippen LogP contribution in [0, 0.1) is 6.92 Å². The van der Waals surface area contributed by atoms with Crippen LogP contribution in [0.1, 0.15) is 36.8 Å². The molecule has 0 bridgehead atoms. The molecule has 0 aromatic heterocycles. The number of carbonyl (C=O) groups excluding carboxylic acids is 1. The highest BCUT2D eigenvalue weighted by Gasteiger charge is 2.47. The molecule has 114 valence electrons. The van der Waals surface area contributed by atoms with Crippen LogP contribution in [0.25, 0.3) is 0 Å². The minimum Gasteiger partial charge on any atom is -0.336 e. The van der Waals surface area contributed by atoms with Gasteiger partial charge in [0.15, 0.2) is 0 Å². The Labute approximate surface area is 126 Å². The number of aryl methyl sites for hydroxylation is 1. The molecule has 1 aromatic rings. The maximum Gasteiger partial charge on any atom is 0.315 e. The van der Waals surface area contributed by atoms with Gasteiger partial charge in [-0.05, 0) is 52.3 Å². The number of hydrogen-bond donors (Lipinski definition) is 2. The van der Waals surface area contributed by atoms with Gasteiger partial charge in [0, 0.05) is 12.1 Å². The highest BCUT2D eigenvalue weighted by Crippen LogP contribution is 2.45. The molecule has 4 heteroatoms. The van der Waals surface area contributed by atoms with Crippen molar-refractivity contribution in [2.75, 3.05) is 20.6 Å². The first-order chi connectivity index (χ1) is 9.96. The minimum absolute atomic E-state index is 0.0112. The Hall–Kier alpha value is -1.55. The van der Waals surface area contributed by atoms with Gasteiger partial charge in [0.05, 0.1) is 5.54 Å². The van der Waals surface area contributed by atoms with Crippen LogP contribution >= 0.6 is 0 Å². The normalized spacial score (nSPS) is 32.3. The molecule has 0 unspecified atom stereocenters. The number of amides is 2. The molecule has 2 amide bonds. The molecular formula is C17H25N3O. The van der Waals surface area contributed by atoms with E-state index in [9.17, 15) is 4.79 Å². The van der Waals surface area contributed by atoms with Crippen molar-refractivity contribution in [1.82, 2.24) is 15.5 Å². The molecule has 1 saturated heterocycles. The summed E-state index contributed by atoms with van der Waals surface area (Å²) in [6, 6.07) is 8.85. The first-order valence-corrected chi connectivity index (χ1v) is 7.76. The third kappa shape index (κ3) is 2.42. The van der Waals surface area contributed by atoms with E-state index in [1.165, 1.54) is 11.1 Å². The second-order valence-corrected chi connectivity index (χ2v) is 6.88. The Bertz CT molecular complexity index is 545. The highest BCUT2D eigenvalue weighted by molar-refractivity contribution is 5.77. The predicted molar refractivity (Wildman–Crippen MR) is 84.3 cm³/mol. The van der Waals surface area contributed by atoms with Gasteiger partial charge in [0.25, 0.3) is 0 Å². The van der Waals surface area contributed by atoms with E-state index in [4.69, 9.17) is 0 Å². The average Bonchev–Trinajstić information content (AvgIpc) is 2.81. The van der Waals surface area contributed by atoms with E-state index in [0.717, 1.165) is 32.2 Å². The molecule has 21 heavy (non-hydrogen) atoms. The van der Waals surface area contributed by atoms with Crippen LogP contribution in [0.15, 0.2) is 24.3 Å². The number of hydrogen-bond acceptors (Lipinski definition) is 2. The van der Waals surface area contributed by atoms with Crippen molar-refractivity contribution < 1.29 is 4.79 Å². The summed E-state index contributed by atoms with van der Waals surface area (Å²) in [7, 11) is 4.34. The second kappa shape index (κ2) is 5.02. The van der Waals surface area contributed by atoms with E-state index in [1.807, 2.05) is 0 Å². The average molecular weight is 287 g/mol. The first-order valence-electron chi connectivity index (χ1n) is 7.76. The molecule has 1 aliphatic heterocycles. The predicted octanol–water partition coefficient (Wildman–Crippen LogP) is 2.38. The zero-order valence-electron chi connectivity index (χ0n) is 13.2. The van der Waals surface area contributed by atoms with Gasteiger partial charge in [-0.3, -0.25) is 4.90 Å². The number of benzene rings is 1. The van der Waals surface area contributed by atoms with Crippen molar-refractivity contribution in [1.29, 1.82) is 0 Å². The molecule has 1 aromatic carbocycles. The Morgan fingerprint density at radius 2 is 1.86 bits per heavy atom. The van der Waals surface area contributed by atoms with Gasteiger partial charge in [0.1, 0.15) is 0 Å². The largest absolute Gasteiger partial charge is 0.336 e. The van der Waals surface area contributed by atoms with Gasteiger partial charge in [0.2, 0.25) is 0 Å². The molecule has 1 spiro atoms. The summed E-state index contributed by atoms with van der Waals surface area (Å²) in [5.74, 6) is 0. The van der Waals surface area contributed by atoms with E-state index in [1.54, 1.807) is 0 Å². The van der Waals surface area contributed by atoms with Crippen molar-refractivity contribution in [2.45, 2.75) is 43.7 Å². The fourth-order valence-corrected chi connectivity index (χ4v) is 3.95. The SMILES string of the molecule is Cc1cccc([C@]2(N(C)C)CC[C@]3(CC2)CNC(=O)N3)c1. The smallest absolute Gasteiger partial charge is 0.315 e. The fraction of sp³-hybridized carbons (Fsp3) is 0.588.